The van der Waals surface area contributed by atoms with Crippen molar-refractivity contribution < 1.29 is 9.16 Å². The fourth-order valence-corrected chi connectivity index (χ4v) is 5.26. The largest absolute Gasteiger partial charge is 0.501 e. The van der Waals surface area contributed by atoms with E-state index in [2.05, 4.69) is 20.8 Å². The maximum atomic E-state index is 9.93. The molecule has 1 aliphatic heterocycles. The van der Waals surface area contributed by atoms with Crippen molar-refractivity contribution in [1.82, 2.24) is 0 Å². The highest BCUT2D eigenvalue weighted by Gasteiger charge is 2.85. The molecule has 0 amide bonds. The summed E-state index contributed by atoms with van der Waals surface area (Å²) in [4.78, 5) is 0. The number of fused-ring (bicyclic) bond motifs is 1. The Morgan fingerprint density at radius 3 is 2.08 bits per heavy atom. The van der Waals surface area contributed by atoms with E-state index in [9.17, 15) is 21.0 Å². The van der Waals surface area contributed by atoms with Gasteiger partial charge in [0.1, 0.15) is 5.60 Å². The van der Waals surface area contributed by atoms with E-state index in [-0.39, 0.29) is 18.1 Å². The van der Waals surface area contributed by atoms with E-state index in [0.29, 0.717) is 0 Å². The standard InChI is InChI=1S/C18H22N4O2Si/c1-15(2,3)25(4,5)24-18-7-6-8-23-9-14(18)16(10-19,11-20)17(18,12-21)13-22/h6,8,14H,7,9H2,1-5H3/t14-,18+/m0/s1. The van der Waals surface area contributed by atoms with Gasteiger partial charge in [-0.15, -0.1) is 0 Å². The van der Waals surface area contributed by atoms with Crippen molar-refractivity contribution in [3.8, 4) is 24.3 Å². The van der Waals surface area contributed by atoms with E-state index >= 15 is 0 Å². The fraction of sp³-hybridized carbons (Fsp3) is 0.667. The van der Waals surface area contributed by atoms with Gasteiger partial charge in [-0.05, 0) is 30.6 Å². The molecule has 1 fully saturated rings. The van der Waals surface area contributed by atoms with Gasteiger partial charge in [-0.2, -0.15) is 21.0 Å². The molecule has 1 heterocycles. The van der Waals surface area contributed by atoms with Crippen molar-refractivity contribution in [2.75, 3.05) is 6.61 Å². The highest BCUT2D eigenvalue weighted by Crippen LogP contribution is 2.70. The molecule has 0 unspecified atom stereocenters. The Morgan fingerprint density at radius 1 is 1.08 bits per heavy atom. The van der Waals surface area contributed by atoms with Crippen LogP contribution in [-0.4, -0.2) is 20.5 Å². The van der Waals surface area contributed by atoms with Crippen LogP contribution < -0.4 is 0 Å². The average Bonchev–Trinajstić information content (AvgIpc) is 2.72. The van der Waals surface area contributed by atoms with Crippen LogP contribution in [0.4, 0.5) is 0 Å². The normalized spacial score (nSPS) is 29.2. The lowest BCUT2D eigenvalue weighted by Gasteiger charge is -2.65. The molecule has 0 N–H and O–H groups in total. The third-order valence-electron chi connectivity index (χ3n) is 6.12. The SMILES string of the molecule is CC(C)(C)[Si](C)(C)O[C@]12CC=COC[C@H]1C(C#N)(C#N)C2(C#N)C#N. The Hall–Kier alpha value is -2.32. The van der Waals surface area contributed by atoms with Crippen LogP contribution in [0.25, 0.3) is 0 Å². The van der Waals surface area contributed by atoms with Gasteiger partial charge in [0, 0.05) is 0 Å². The number of nitrogens with zero attached hydrogens (tertiary/aromatic N) is 4. The molecular weight excluding hydrogens is 332 g/mol. The summed E-state index contributed by atoms with van der Waals surface area (Å²) >= 11 is 0. The first-order chi connectivity index (χ1) is 11.5. The highest BCUT2D eigenvalue weighted by molar-refractivity contribution is 6.74. The summed E-state index contributed by atoms with van der Waals surface area (Å²) in [6.07, 6.45) is 3.47. The second-order valence-electron chi connectivity index (χ2n) is 8.22. The van der Waals surface area contributed by atoms with E-state index in [1.165, 1.54) is 6.26 Å². The van der Waals surface area contributed by atoms with E-state index in [4.69, 9.17) is 9.16 Å². The number of hydrogen-bond donors (Lipinski definition) is 0. The molecule has 130 valence electrons. The molecule has 2 atom stereocenters. The molecule has 2 aliphatic rings. The van der Waals surface area contributed by atoms with Gasteiger partial charge in [-0.1, -0.05) is 20.8 Å². The number of hydrogen-bond acceptors (Lipinski definition) is 6. The van der Waals surface area contributed by atoms with Crippen molar-refractivity contribution >= 4 is 8.32 Å². The molecule has 0 spiro atoms. The molecular formula is C18H22N4O2Si. The molecule has 0 aromatic rings. The lowest BCUT2D eigenvalue weighted by atomic mass is 9.36. The quantitative estimate of drug-likeness (QED) is 0.702. The summed E-state index contributed by atoms with van der Waals surface area (Å²) in [5, 5.41) is 39.2. The van der Waals surface area contributed by atoms with E-state index in [1.54, 1.807) is 6.08 Å². The smallest absolute Gasteiger partial charge is 0.204 e. The second kappa shape index (κ2) is 5.60. The maximum absolute atomic E-state index is 9.93. The third-order valence-corrected chi connectivity index (χ3v) is 10.6. The monoisotopic (exact) mass is 354 g/mol. The Balaban J connectivity index is 2.72. The van der Waals surface area contributed by atoms with Crippen LogP contribution >= 0.6 is 0 Å². The van der Waals surface area contributed by atoms with Crippen LogP contribution in [0.2, 0.25) is 18.1 Å². The summed E-state index contributed by atoms with van der Waals surface area (Å²) in [7, 11) is -2.40. The third kappa shape index (κ3) is 2.07. The molecule has 1 saturated carbocycles. The van der Waals surface area contributed by atoms with Crippen LogP contribution in [0.3, 0.4) is 0 Å². The van der Waals surface area contributed by atoms with Crippen molar-refractivity contribution in [2.24, 2.45) is 16.7 Å². The van der Waals surface area contributed by atoms with E-state index in [1.807, 2.05) is 37.4 Å². The summed E-state index contributed by atoms with van der Waals surface area (Å²) in [5.74, 6) is -0.668. The van der Waals surface area contributed by atoms with Crippen molar-refractivity contribution in [3.05, 3.63) is 12.3 Å². The van der Waals surface area contributed by atoms with Crippen molar-refractivity contribution in [2.45, 2.75) is 50.9 Å². The van der Waals surface area contributed by atoms with Gasteiger partial charge in [0.2, 0.25) is 5.41 Å². The summed E-state index contributed by atoms with van der Waals surface area (Å²) in [6, 6.07) is 7.91. The summed E-state index contributed by atoms with van der Waals surface area (Å²) < 4.78 is 12.1. The lowest BCUT2D eigenvalue weighted by Crippen LogP contribution is -2.79. The zero-order chi connectivity index (χ0) is 19.1. The minimum absolute atomic E-state index is 0.0668. The minimum Gasteiger partial charge on any atom is -0.501 e. The van der Waals surface area contributed by atoms with Crippen LogP contribution in [0.1, 0.15) is 27.2 Å². The Bertz CT molecular complexity index is 741. The zero-order valence-corrected chi connectivity index (χ0v) is 16.3. The fourth-order valence-electron chi connectivity index (χ4n) is 3.66. The summed E-state index contributed by atoms with van der Waals surface area (Å²) in [6.45, 7) is 10.3. The van der Waals surface area contributed by atoms with Crippen LogP contribution in [-0.2, 0) is 9.16 Å². The van der Waals surface area contributed by atoms with Gasteiger partial charge in [-0.25, -0.2) is 0 Å². The van der Waals surface area contributed by atoms with Crippen molar-refractivity contribution in [3.63, 3.8) is 0 Å². The van der Waals surface area contributed by atoms with E-state index in [0.717, 1.165) is 0 Å². The van der Waals surface area contributed by atoms with Crippen LogP contribution in [0.5, 0.6) is 0 Å². The van der Waals surface area contributed by atoms with Gasteiger partial charge in [0.05, 0.1) is 43.1 Å². The number of nitriles is 4. The first kappa shape index (κ1) is 19.0. The topological polar surface area (TPSA) is 114 Å². The first-order valence-corrected chi connectivity index (χ1v) is 11.1. The lowest BCUT2D eigenvalue weighted by molar-refractivity contribution is -0.218. The van der Waals surface area contributed by atoms with E-state index < -0.39 is 30.7 Å². The van der Waals surface area contributed by atoms with Crippen LogP contribution in [0.15, 0.2) is 12.3 Å². The molecule has 7 heteroatoms. The van der Waals surface area contributed by atoms with Gasteiger partial charge < -0.3 is 9.16 Å². The molecule has 6 nitrogen and oxygen atoms in total. The number of ether oxygens (including phenoxy) is 1. The Labute approximate surface area is 150 Å². The molecule has 0 bridgehead atoms. The molecule has 1 aliphatic carbocycles. The van der Waals surface area contributed by atoms with Crippen LogP contribution in [0, 0.1) is 62.1 Å². The predicted octanol–water partition coefficient (Wildman–Crippen LogP) is 3.38. The van der Waals surface area contributed by atoms with Gasteiger partial charge in [0.25, 0.3) is 0 Å². The maximum Gasteiger partial charge on any atom is 0.204 e. The molecule has 0 radical (unpaired) electrons. The van der Waals surface area contributed by atoms with Gasteiger partial charge >= 0.3 is 0 Å². The van der Waals surface area contributed by atoms with Gasteiger partial charge in [-0.3, -0.25) is 0 Å². The number of rotatable bonds is 2. The Kier molecular flexibility index (Phi) is 4.26. The van der Waals surface area contributed by atoms with Gasteiger partial charge in [0.15, 0.2) is 13.7 Å². The molecule has 0 saturated heterocycles. The Morgan fingerprint density at radius 2 is 1.64 bits per heavy atom. The zero-order valence-electron chi connectivity index (χ0n) is 15.3. The highest BCUT2D eigenvalue weighted by atomic mass is 28.4. The molecule has 25 heavy (non-hydrogen) atoms. The van der Waals surface area contributed by atoms with Crippen molar-refractivity contribution in [1.29, 1.82) is 21.0 Å². The predicted molar refractivity (Wildman–Crippen MR) is 91.5 cm³/mol. The molecule has 0 aromatic heterocycles. The average molecular weight is 354 g/mol. The molecule has 2 rings (SSSR count). The molecule has 0 aromatic carbocycles. The first-order valence-electron chi connectivity index (χ1n) is 8.16. The minimum atomic E-state index is -2.40. The second-order valence-corrected chi connectivity index (χ2v) is 12.9. The summed E-state index contributed by atoms with van der Waals surface area (Å²) in [5.41, 5.74) is -4.86.